The molecule has 0 saturated carbocycles. The number of hydrogen-bond donors (Lipinski definition) is 1. The summed E-state index contributed by atoms with van der Waals surface area (Å²) in [4.78, 5) is 4.28. The Morgan fingerprint density at radius 2 is 2.17 bits per heavy atom. The fourth-order valence-electron chi connectivity index (χ4n) is 1.61. The molecule has 0 saturated heterocycles. The van der Waals surface area contributed by atoms with Crippen molar-refractivity contribution in [2.24, 2.45) is 0 Å². The van der Waals surface area contributed by atoms with Crippen LogP contribution < -0.4 is 5.32 Å². The third-order valence-corrected chi connectivity index (χ3v) is 3.53. The molecule has 1 N–H and O–H groups in total. The predicted molar refractivity (Wildman–Crippen MR) is 74.6 cm³/mol. The molecule has 0 amide bonds. The Bertz CT molecular complexity index is 455. The van der Waals surface area contributed by atoms with E-state index in [0.717, 1.165) is 41.6 Å². The second kappa shape index (κ2) is 7.18. The number of aryl methyl sites for hydroxylation is 1. The van der Waals surface area contributed by atoms with Crippen molar-refractivity contribution in [2.75, 3.05) is 13.1 Å². The molecular weight excluding hydrogens is 244 g/mol. The van der Waals surface area contributed by atoms with Crippen molar-refractivity contribution in [1.29, 1.82) is 0 Å². The fourth-order valence-corrected chi connectivity index (χ4v) is 2.47. The van der Waals surface area contributed by atoms with E-state index >= 15 is 0 Å². The lowest BCUT2D eigenvalue weighted by atomic mass is 10.3. The van der Waals surface area contributed by atoms with Crippen LogP contribution in [-0.2, 0) is 6.42 Å². The zero-order chi connectivity index (χ0) is 12.6. The number of rotatable bonds is 7. The van der Waals surface area contributed by atoms with E-state index in [4.69, 9.17) is 0 Å². The van der Waals surface area contributed by atoms with E-state index in [1.165, 1.54) is 6.42 Å². The standard InChI is InChI=1S/C13H18N4S/c1-2-8-14-9-5-7-12-16-17-13(18-12)11-6-3-4-10-15-11/h3-4,6,10,14H,2,5,7-9H2,1H3. The van der Waals surface area contributed by atoms with Crippen molar-refractivity contribution in [3.63, 3.8) is 0 Å². The van der Waals surface area contributed by atoms with Gasteiger partial charge in [-0.3, -0.25) is 4.98 Å². The fraction of sp³-hybridized carbons (Fsp3) is 0.462. The molecule has 96 valence electrons. The molecule has 18 heavy (non-hydrogen) atoms. The Balaban J connectivity index is 1.83. The van der Waals surface area contributed by atoms with E-state index in [1.807, 2.05) is 18.2 Å². The van der Waals surface area contributed by atoms with Gasteiger partial charge in [0, 0.05) is 12.6 Å². The number of nitrogens with one attached hydrogen (secondary N) is 1. The van der Waals surface area contributed by atoms with Crippen LogP contribution in [0.25, 0.3) is 10.7 Å². The number of hydrogen-bond acceptors (Lipinski definition) is 5. The second-order valence-corrected chi connectivity index (χ2v) is 5.13. The first-order chi connectivity index (χ1) is 8.90. The second-order valence-electron chi connectivity index (χ2n) is 4.07. The quantitative estimate of drug-likeness (QED) is 0.779. The molecule has 0 aromatic carbocycles. The molecule has 2 heterocycles. The lowest BCUT2D eigenvalue weighted by Crippen LogP contribution is -2.16. The molecule has 0 unspecified atom stereocenters. The molecule has 2 aromatic heterocycles. The van der Waals surface area contributed by atoms with Gasteiger partial charge in [-0.1, -0.05) is 24.3 Å². The summed E-state index contributed by atoms with van der Waals surface area (Å²) < 4.78 is 0. The van der Waals surface area contributed by atoms with E-state index in [1.54, 1.807) is 17.5 Å². The van der Waals surface area contributed by atoms with E-state index < -0.39 is 0 Å². The summed E-state index contributed by atoms with van der Waals surface area (Å²) in [7, 11) is 0. The monoisotopic (exact) mass is 262 g/mol. The lowest BCUT2D eigenvalue weighted by molar-refractivity contribution is 0.637. The Kier molecular flexibility index (Phi) is 5.23. The van der Waals surface area contributed by atoms with Crippen LogP contribution >= 0.6 is 11.3 Å². The number of pyridine rings is 1. The smallest absolute Gasteiger partial charge is 0.166 e. The van der Waals surface area contributed by atoms with Crippen molar-refractivity contribution in [1.82, 2.24) is 20.5 Å². The maximum atomic E-state index is 4.28. The van der Waals surface area contributed by atoms with Crippen LogP contribution in [0.15, 0.2) is 24.4 Å². The van der Waals surface area contributed by atoms with E-state index in [2.05, 4.69) is 27.4 Å². The van der Waals surface area contributed by atoms with Gasteiger partial charge in [0.2, 0.25) is 0 Å². The van der Waals surface area contributed by atoms with Crippen LogP contribution in [-0.4, -0.2) is 28.3 Å². The zero-order valence-electron chi connectivity index (χ0n) is 10.6. The first-order valence-corrected chi connectivity index (χ1v) is 7.16. The minimum absolute atomic E-state index is 0.908. The van der Waals surface area contributed by atoms with Gasteiger partial charge >= 0.3 is 0 Å². The Morgan fingerprint density at radius 1 is 1.22 bits per heavy atom. The number of aromatic nitrogens is 3. The van der Waals surface area contributed by atoms with Crippen molar-refractivity contribution >= 4 is 11.3 Å². The third kappa shape index (κ3) is 3.85. The molecule has 0 aliphatic heterocycles. The molecular formula is C13H18N4S. The molecule has 2 rings (SSSR count). The molecule has 5 heteroatoms. The molecule has 0 aliphatic carbocycles. The highest BCUT2D eigenvalue weighted by atomic mass is 32.1. The first-order valence-electron chi connectivity index (χ1n) is 6.34. The van der Waals surface area contributed by atoms with Gasteiger partial charge in [-0.25, -0.2) is 0 Å². The molecule has 0 bridgehead atoms. The summed E-state index contributed by atoms with van der Waals surface area (Å²) in [6.45, 7) is 4.32. The van der Waals surface area contributed by atoms with Crippen LogP contribution in [0.2, 0.25) is 0 Å². The van der Waals surface area contributed by atoms with Gasteiger partial charge in [-0.15, -0.1) is 10.2 Å². The summed E-state index contributed by atoms with van der Waals surface area (Å²) in [6.07, 6.45) is 5.06. The van der Waals surface area contributed by atoms with Crippen LogP contribution in [0.3, 0.4) is 0 Å². The molecule has 4 nitrogen and oxygen atoms in total. The highest BCUT2D eigenvalue weighted by Crippen LogP contribution is 2.21. The Labute approximate surface area is 111 Å². The molecule has 0 aliphatic rings. The summed E-state index contributed by atoms with van der Waals surface area (Å²) in [5, 5.41) is 13.8. The van der Waals surface area contributed by atoms with Gasteiger partial charge in [0.25, 0.3) is 0 Å². The van der Waals surface area contributed by atoms with Gasteiger partial charge in [0.05, 0.1) is 0 Å². The van der Waals surface area contributed by atoms with Crippen molar-refractivity contribution in [3.8, 4) is 10.7 Å². The SMILES string of the molecule is CCCNCCCc1nnc(-c2ccccn2)s1. The van der Waals surface area contributed by atoms with Crippen LogP contribution in [0.1, 0.15) is 24.8 Å². The van der Waals surface area contributed by atoms with E-state index in [0.29, 0.717) is 0 Å². The average molecular weight is 262 g/mol. The minimum Gasteiger partial charge on any atom is -0.317 e. The minimum atomic E-state index is 0.908. The maximum Gasteiger partial charge on any atom is 0.166 e. The average Bonchev–Trinajstić information content (AvgIpc) is 2.88. The van der Waals surface area contributed by atoms with E-state index in [9.17, 15) is 0 Å². The van der Waals surface area contributed by atoms with Crippen molar-refractivity contribution in [2.45, 2.75) is 26.2 Å². The lowest BCUT2D eigenvalue weighted by Gasteiger charge is -1.99. The van der Waals surface area contributed by atoms with Gasteiger partial charge in [0.1, 0.15) is 10.7 Å². The highest BCUT2D eigenvalue weighted by Gasteiger charge is 2.06. The van der Waals surface area contributed by atoms with E-state index in [-0.39, 0.29) is 0 Å². The predicted octanol–water partition coefficient (Wildman–Crippen LogP) is 2.53. The normalized spacial score (nSPS) is 10.7. The molecule has 0 atom stereocenters. The topological polar surface area (TPSA) is 50.7 Å². The maximum absolute atomic E-state index is 4.28. The summed E-state index contributed by atoms with van der Waals surface area (Å²) >= 11 is 1.64. The van der Waals surface area contributed by atoms with Gasteiger partial charge in [-0.2, -0.15) is 0 Å². The molecule has 0 fully saturated rings. The summed E-state index contributed by atoms with van der Waals surface area (Å²) in [5.41, 5.74) is 0.908. The largest absolute Gasteiger partial charge is 0.317 e. The summed E-state index contributed by atoms with van der Waals surface area (Å²) in [5.74, 6) is 0. The molecule has 2 aromatic rings. The summed E-state index contributed by atoms with van der Waals surface area (Å²) in [6, 6.07) is 5.84. The van der Waals surface area contributed by atoms with Crippen molar-refractivity contribution in [3.05, 3.63) is 29.4 Å². The van der Waals surface area contributed by atoms with Crippen LogP contribution in [0, 0.1) is 0 Å². The van der Waals surface area contributed by atoms with Crippen molar-refractivity contribution < 1.29 is 0 Å². The van der Waals surface area contributed by atoms with Gasteiger partial charge in [-0.05, 0) is 38.1 Å². The molecule has 0 spiro atoms. The van der Waals surface area contributed by atoms with Gasteiger partial charge < -0.3 is 5.32 Å². The Hall–Kier alpha value is -1.33. The van der Waals surface area contributed by atoms with Crippen LogP contribution in [0.5, 0.6) is 0 Å². The molecule has 0 radical (unpaired) electrons. The van der Waals surface area contributed by atoms with Crippen LogP contribution in [0.4, 0.5) is 0 Å². The third-order valence-electron chi connectivity index (χ3n) is 2.52. The number of nitrogens with zero attached hydrogens (tertiary/aromatic N) is 3. The first kappa shape index (κ1) is 13.1. The zero-order valence-corrected chi connectivity index (χ0v) is 11.4. The highest BCUT2D eigenvalue weighted by molar-refractivity contribution is 7.14. The Morgan fingerprint density at radius 3 is 2.94 bits per heavy atom. The van der Waals surface area contributed by atoms with Gasteiger partial charge in [0.15, 0.2) is 5.01 Å².